The van der Waals surface area contributed by atoms with E-state index in [-0.39, 0.29) is 0 Å². The lowest BCUT2D eigenvalue weighted by Gasteiger charge is -2.13. The zero-order chi connectivity index (χ0) is 37.0. The third-order valence-corrected chi connectivity index (χ3v) is 10.2. The van der Waals surface area contributed by atoms with Crippen LogP contribution in [0.2, 0.25) is 0 Å². The van der Waals surface area contributed by atoms with Crippen molar-refractivity contribution in [3.05, 3.63) is 170 Å². The minimum absolute atomic E-state index is 0.419. The second-order valence-corrected chi connectivity index (χ2v) is 13.5. The van der Waals surface area contributed by atoms with Gasteiger partial charge in [-0.25, -0.2) is 24.9 Å². The maximum absolute atomic E-state index is 6.62. The van der Waals surface area contributed by atoms with E-state index in [2.05, 4.69) is 88.8 Å². The lowest BCUT2D eigenvalue weighted by molar-refractivity contribution is 0.618. The summed E-state index contributed by atoms with van der Waals surface area (Å²) >= 11 is 0. The molecule has 0 spiro atoms. The highest BCUT2D eigenvalue weighted by atomic mass is 16.4. The van der Waals surface area contributed by atoms with Crippen molar-refractivity contribution in [2.45, 2.75) is 0 Å². The Bertz CT molecular complexity index is 3180. The molecular weight excluding hydrogens is 693 g/mol. The highest BCUT2D eigenvalue weighted by molar-refractivity contribution is 6.20. The third-order valence-electron chi connectivity index (χ3n) is 10.2. The van der Waals surface area contributed by atoms with Gasteiger partial charge in [0, 0.05) is 40.0 Å². The van der Waals surface area contributed by atoms with E-state index >= 15 is 0 Å². The molecule has 11 rings (SSSR count). The molecule has 0 aliphatic rings. The van der Waals surface area contributed by atoms with Gasteiger partial charge < -0.3 is 8.83 Å². The van der Waals surface area contributed by atoms with Gasteiger partial charge in [-0.15, -0.1) is 0 Å². The number of benzene rings is 7. The molecule has 4 aromatic heterocycles. The molecule has 7 aromatic carbocycles. The molecule has 0 N–H and O–H groups in total. The predicted octanol–water partition coefficient (Wildman–Crippen LogP) is 11.9. The van der Waals surface area contributed by atoms with Crippen molar-refractivity contribution in [1.82, 2.24) is 29.9 Å². The van der Waals surface area contributed by atoms with Crippen LogP contribution < -0.4 is 0 Å². The number of para-hydroxylation sites is 1. The molecule has 0 amide bonds. The maximum atomic E-state index is 6.62. The monoisotopic (exact) mass is 720 g/mol. The maximum Gasteiger partial charge on any atom is 0.247 e. The van der Waals surface area contributed by atoms with Crippen LogP contribution in [0.5, 0.6) is 0 Å². The number of hydrogen-bond donors (Lipinski definition) is 0. The van der Waals surface area contributed by atoms with E-state index in [9.17, 15) is 0 Å². The van der Waals surface area contributed by atoms with Crippen molar-refractivity contribution in [2.75, 3.05) is 0 Å². The first-order valence-electron chi connectivity index (χ1n) is 18.3. The third kappa shape index (κ3) is 5.31. The Morgan fingerprint density at radius 1 is 0.393 bits per heavy atom. The summed E-state index contributed by atoms with van der Waals surface area (Å²) in [6.45, 7) is 0. The number of aromatic nitrogens is 6. The molecule has 0 saturated carbocycles. The average Bonchev–Trinajstić information content (AvgIpc) is 3.89. The number of furan rings is 1. The molecule has 0 radical (unpaired) electrons. The minimum atomic E-state index is 0.419. The molecule has 0 saturated heterocycles. The normalized spacial score (nSPS) is 11.6. The summed E-state index contributed by atoms with van der Waals surface area (Å²) in [4.78, 5) is 28.0. The van der Waals surface area contributed by atoms with E-state index < -0.39 is 0 Å². The summed E-state index contributed by atoms with van der Waals surface area (Å²) in [6.07, 6.45) is 4.91. The predicted molar refractivity (Wildman–Crippen MR) is 220 cm³/mol. The van der Waals surface area contributed by atoms with Gasteiger partial charge >= 0.3 is 0 Å². The van der Waals surface area contributed by atoms with E-state index in [4.69, 9.17) is 28.8 Å². The Hall–Kier alpha value is -7.84. The molecule has 0 aliphatic carbocycles. The second-order valence-electron chi connectivity index (χ2n) is 13.5. The van der Waals surface area contributed by atoms with Gasteiger partial charge in [-0.2, -0.15) is 0 Å². The van der Waals surface area contributed by atoms with Gasteiger partial charge in [0.1, 0.15) is 22.4 Å². The van der Waals surface area contributed by atoms with Crippen molar-refractivity contribution >= 4 is 43.8 Å². The van der Waals surface area contributed by atoms with Crippen molar-refractivity contribution in [1.29, 1.82) is 0 Å². The molecule has 0 atom stereocenters. The van der Waals surface area contributed by atoms with Crippen molar-refractivity contribution in [2.24, 2.45) is 0 Å². The molecule has 0 aliphatic heterocycles. The summed E-state index contributed by atoms with van der Waals surface area (Å²) in [7, 11) is 0. The first-order valence-corrected chi connectivity index (χ1v) is 18.3. The fourth-order valence-corrected chi connectivity index (χ4v) is 7.52. The summed E-state index contributed by atoms with van der Waals surface area (Å²) in [5, 5.41) is 4.09. The average molecular weight is 721 g/mol. The number of oxazole rings is 1. The van der Waals surface area contributed by atoms with Gasteiger partial charge in [-0.3, -0.25) is 4.98 Å². The van der Waals surface area contributed by atoms with E-state index in [0.29, 0.717) is 34.6 Å². The van der Waals surface area contributed by atoms with E-state index in [1.165, 1.54) is 0 Å². The Labute approximate surface area is 319 Å². The number of fused-ring (bicyclic) bond motifs is 6. The van der Waals surface area contributed by atoms with Crippen molar-refractivity contribution in [3.8, 4) is 68.0 Å². The number of nitrogens with zero attached hydrogens (tertiary/aromatic N) is 6. The molecule has 0 fully saturated rings. The topological polar surface area (TPSA) is 104 Å². The van der Waals surface area contributed by atoms with E-state index in [1.807, 2.05) is 72.8 Å². The zero-order valence-corrected chi connectivity index (χ0v) is 29.7. The highest BCUT2D eigenvalue weighted by Gasteiger charge is 2.21. The minimum Gasteiger partial charge on any atom is -0.455 e. The van der Waals surface area contributed by atoms with Crippen molar-refractivity contribution in [3.63, 3.8) is 0 Å². The van der Waals surface area contributed by atoms with Crippen LogP contribution >= 0.6 is 0 Å². The van der Waals surface area contributed by atoms with E-state index in [0.717, 1.165) is 77.2 Å². The Morgan fingerprint density at radius 2 is 1.00 bits per heavy atom. The lowest BCUT2D eigenvalue weighted by atomic mass is 9.91. The molecule has 56 heavy (non-hydrogen) atoms. The summed E-state index contributed by atoms with van der Waals surface area (Å²) in [5.41, 5.74) is 10.6. The number of hydrogen-bond acceptors (Lipinski definition) is 8. The van der Waals surface area contributed by atoms with Crippen molar-refractivity contribution < 1.29 is 8.83 Å². The van der Waals surface area contributed by atoms with Crippen LogP contribution in [0.1, 0.15) is 0 Å². The Kier molecular flexibility index (Phi) is 7.31. The van der Waals surface area contributed by atoms with E-state index in [1.54, 1.807) is 18.6 Å². The Balaban J connectivity index is 0.998. The molecule has 262 valence electrons. The fraction of sp³-hybridized carbons (Fsp3) is 0. The van der Waals surface area contributed by atoms with Crippen LogP contribution in [-0.2, 0) is 0 Å². The number of rotatable bonds is 6. The van der Waals surface area contributed by atoms with Crippen LogP contribution in [0, 0.1) is 0 Å². The van der Waals surface area contributed by atoms with Crippen LogP contribution in [0.4, 0.5) is 0 Å². The fourth-order valence-electron chi connectivity index (χ4n) is 7.52. The smallest absolute Gasteiger partial charge is 0.247 e. The molecule has 8 nitrogen and oxygen atoms in total. The SMILES string of the molecule is c1ccc(-c2nc(-c3ccccc3)nc(-c3ccc(-c4ccc(-c5cccc6c5oc5ccc7nc(-c8cnccn8)oc7c56)c5ccccc45)cc3)n2)cc1. The van der Waals surface area contributed by atoms with Crippen LogP contribution in [0.3, 0.4) is 0 Å². The van der Waals surface area contributed by atoms with Crippen LogP contribution in [-0.4, -0.2) is 29.9 Å². The van der Waals surface area contributed by atoms with Gasteiger partial charge in [-0.05, 0) is 39.6 Å². The standard InChI is InChI=1S/C48H28N6O2/c1-3-10-30(11-4-1)45-52-46(31-12-5-2-6-13-31)54-47(53-45)32-20-18-29(19-21-32)33-22-23-36(35-15-8-7-14-34(33)35)37-16-9-17-38-42-41(55-43(37)38)25-24-39-44(42)56-48(51-39)40-28-49-26-27-50-40/h1-28H. The molecule has 0 unspecified atom stereocenters. The first-order chi connectivity index (χ1) is 27.7. The van der Waals surface area contributed by atoms with Gasteiger partial charge in [-0.1, -0.05) is 140 Å². The quantitative estimate of drug-likeness (QED) is 0.167. The molecule has 4 heterocycles. The first kappa shape index (κ1) is 31.7. The summed E-state index contributed by atoms with van der Waals surface area (Å²) in [5.74, 6) is 2.31. The Morgan fingerprint density at radius 3 is 1.68 bits per heavy atom. The van der Waals surface area contributed by atoms with Gasteiger partial charge in [0.2, 0.25) is 5.89 Å². The summed E-state index contributed by atoms with van der Waals surface area (Å²) in [6, 6.07) is 51.6. The molecule has 0 bridgehead atoms. The van der Waals surface area contributed by atoms with Crippen LogP contribution in [0.15, 0.2) is 179 Å². The zero-order valence-electron chi connectivity index (χ0n) is 29.7. The van der Waals surface area contributed by atoms with Gasteiger partial charge in [0.25, 0.3) is 0 Å². The molecule has 11 aromatic rings. The van der Waals surface area contributed by atoms with Gasteiger partial charge in [0.05, 0.1) is 11.6 Å². The van der Waals surface area contributed by atoms with Crippen LogP contribution in [0.25, 0.3) is 112 Å². The molecule has 8 heteroatoms. The second kappa shape index (κ2) is 12.9. The largest absolute Gasteiger partial charge is 0.455 e. The summed E-state index contributed by atoms with van der Waals surface area (Å²) < 4.78 is 12.9. The molecular formula is C48H28N6O2. The highest BCUT2D eigenvalue weighted by Crippen LogP contribution is 2.43. The lowest BCUT2D eigenvalue weighted by Crippen LogP contribution is -2.00. The van der Waals surface area contributed by atoms with Gasteiger partial charge in [0.15, 0.2) is 23.1 Å².